The lowest BCUT2D eigenvalue weighted by Gasteiger charge is -2.07. The number of Topliss-reactive ketones (excluding diaryl/α,β-unsaturated/α-hetero) is 1. The van der Waals surface area contributed by atoms with Crippen molar-refractivity contribution in [1.29, 1.82) is 5.26 Å². The first kappa shape index (κ1) is 13.3. The lowest BCUT2D eigenvalue weighted by atomic mass is 10.1. The molecule has 0 aliphatic rings. The molecule has 0 spiro atoms. The maximum atomic E-state index is 11.1. The predicted octanol–water partition coefficient (Wildman–Crippen LogP) is 3.89. The van der Waals surface area contributed by atoms with Gasteiger partial charge in [-0.3, -0.25) is 4.79 Å². The van der Waals surface area contributed by atoms with Crippen LogP contribution in [0.5, 0.6) is 11.6 Å². The molecule has 4 nitrogen and oxygen atoms in total. The molecule has 94 valence electrons. The monoisotopic (exact) mass is 292 g/mol. The molecule has 0 atom stereocenters. The van der Waals surface area contributed by atoms with E-state index >= 15 is 0 Å². The van der Waals surface area contributed by atoms with Crippen molar-refractivity contribution in [3.8, 4) is 17.7 Å². The molecule has 6 heteroatoms. The van der Waals surface area contributed by atoms with Crippen molar-refractivity contribution in [3.05, 3.63) is 52.1 Å². The Morgan fingerprint density at radius 3 is 2.53 bits per heavy atom. The molecule has 0 bridgehead atoms. The molecule has 1 aromatic heterocycles. The van der Waals surface area contributed by atoms with E-state index < -0.39 is 5.78 Å². The average Bonchev–Trinajstić information content (AvgIpc) is 2.44. The summed E-state index contributed by atoms with van der Waals surface area (Å²) in [6, 6.07) is 9.14. The van der Waals surface area contributed by atoms with E-state index in [1.165, 1.54) is 24.4 Å². The Bertz CT molecular complexity index is 663. The van der Waals surface area contributed by atoms with Crippen LogP contribution in [0, 0.1) is 11.3 Å². The van der Waals surface area contributed by atoms with E-state index in [0.717, 1.165) is 0 Å². The minimum atomic E-state index is -0.606. The number of pyridine rings is 1. The molecule has 19 heavy (non-hydrogen) atoms. The number of benzene rings is 1. The summed E-state index contributed by atoms with van der Waals surface area (Å²) in [7, 11) is 0. The number of halogens is 2. The zero-order valence-corrected chi connectivity index (χ0v) is 10.9. The van der Waals surface area contributed by atoms with E-state index in [0.29, 0.717) is 16.3 Å². The van der Waals surface area contributed by atoms with E-state index in [4.69, 9.17) is 33.2 Å². The third-order valence-electron chi connectivity index (χ3n) is 2.24. The van der Waals surface area contributed by atoms with Crippen LogP contribution in [0.4, 0.5) is 0 Å². The molecule has 0 aliphatic carbocycles. The lowest BCUT2D eigenvalue weighted by Crippen LogP contribution is -1.94. The first-order chi connectivity index (χ1) is 9.11. The summed E-state index contributed by atoms with van der Waals surface area (Å²) < 4.78 is 5.44. The topological polar surface area (TPSA) is 63.0 Å². The van der Waals surface area contributed by atoms with E-state index in [2.05, 4.69) is 4.98 Å². The molecule has 0 radical (unpaired) electrons. The van der Waals surface area contributed by atoms with Crippen molar-refractivity contribution in [2.45, 2.75) is 0 Å². The van der Waals surface area contributed by atoms with Gasteiger partial charge in [0.1, 0.15) is 16.8 Å². The highest BCUT2D eigenvalue weighted by Crippen LogP contribution is 2.32. The third kappa shape index (κ3) is 3.02. The molecular weight excluding hydrogens is 287 g/mol. The van der Waals surface area contributed by atoms with Crippen LogP contribution in [-0.4, -0.2) is 10.8 Å². The van der Waals surface area contributed by atoms with Crippen molar-refractivity contribution in [3.63, 3.8) is 0 Å². The molecule has 0 saturated heterocycles. The van der Waals surface area contributed by atoms with Gasteiger partial charge in [0.05, 0.1) is 5.02 Å². The van der Waals surface area contributed by atoms with Crippen LogP contribution in [0.25, 0.3) is 0 Å². The largest absolute Gasteiger partial charge is 0.437 e. The summed E-state index contributed by atoms with van der Waals surface area (Å²) in [5.41, 5.74) is 0.292. The van der Waals surface area contributed by atoms with Gasteiger partial charge in [0.15, 0.2) is 0 Å². The van der Waals surface area contributed by atoms with Gasteiger partial charge in [-0.1, -0.05) is 23.2 Å². The van der Waals surface area contributed by atoms with E-state index in [1.54, 1.807) is 18.2 Å². The van der Waals surface area contributed by atoms with Crippen molar-refractivity contribution < 1.29 is 9.53 Å². The molecule has 2 rings (SSSR count). The van der Waals surface area contributed by atoms with Crippen LogP contribution in [0.15, 0.2) is 36.5 Å². The predicted molar refractivity (Wildman–Crippen MR) is 70.7 cm³/mol. The van der Waals surface area contributed by atoms with Crippen LogP contribution in [0.1, 0.15) is 10.4 Å². The zero-order chi connectivity index (χ0) is 13.8. The van der Waals surface area contributed by atoms with Crippen LogP contribution >= 0.6 is 23.2 Å². The van der Waals surface area contributed by atoms with E-state index in [9.17, 15) is 4.79 Å². The van der Waals surface area contributed by atoms with Gasteiger partial charge in [-0.15, -0.1) is 0 Å². The highest BCUT2D eigenvalue weighted by molar-refractivity contribution is 6.42. The van der Waals surface area contributed by atoms with Gasteiger partial charge >= 0.3 is 0 Å². The highest BCUT2D eigenvalue weighted by Gasteiger charge is 2.09. The molecule has 2 aromatic rings. The fourth-order valence-corrected chi connectivity index (χ4v) is 1.61. The Labute approximate surface area is 119 Å². The summed E-state index contributed by atoms with van der Waals surface area (Å²) in [6.45, 7) is 0. The number of nitriles is 1. The van der Waals surface area contributed by atoms with Crippen molar-refractivity contribution in [1.82, 2.24) is 4.98 Å². The summed E-state index contributed by atoms with van der Waals surface area (Å²) in [5.74, 6) is 0.00476. The summed E-state index contributed by atoms with van der Waals surface area (Å²) in [6.07, 6.45) is 1.47. The van der Waals surface area contributed by atoms with Crippen LogP contribution < -0.4 is 4.74 Å². The molecule has 0 fully saturated rings. The second-order valence-corrected chi connectivity index (χ2v) is 4.26. The smallest absolute Gasteiger partial charge is 0.262 e. The number of carbonyl (C=O) groups is 1. The SMILES string of the molecule is N#CC(=O)c1ccc(Oc2nccc(Cl)c2Cl)cc1. The number of hydrogen-bond donors (Lipinski definition) is 0. The van der Waals surface area contributed by atoms with Gasteiger partial charge in [-0.25, -0.2) is 4.98 Å². The minimum Gasteiger partial charge on any atom is -0.437 e. The molecular formula is C13H6Cl2N2O2. The van der Waals surface area contributed by atoms with Gasteiger partial charge in [0.25, 0.3) is 5.78 Å². The van der Waals surface area contributed by atoms with Gasteiger partial charge in [0.2, 0.25) is 5.88 Å². The molecule has 1 heterocycles. The third-order valence-corrected chi connectivity index (χ3v) is 3.02. The number of carbonyl (C=O) groups excluding carboxylic acids is 1. The molecule has 0 aliphatic heterocycles. The fourth-order valence-electron chi connectivity index (χ4n) is 1.32. The summed E-state index contributed by atoms with van der Waals surface area (Å²) in [5, 5.41) is 9.03. The van der Waals surface area contributed by atoms with E-state index in [-0.39, 0.29) is 10.9 Å². The van der Waals surface area contributed by atoms with Gasteiger partial charge in [0, 0.05) is 11.8 Å². The van der Waals surface area contributed by atoms with Crippen molar-refractivity contribution >= 4 is 29.0 Å². The van der Waals surface area contributed by atoms with Crippen molar-refractivity contribution in [2.24, 2.45) is 0 Å². The maximum Gasteiger partial charge on any atom is 0.262 e. The Morgan fingerprint density at radius 2 is 1.89 bits per heavy atom. The average molecular weight is 293 g/mol. The number of rotatable bonds is 3. The lowest BCUT2D eigenvalue weighted by molar-refractivity contribution is 0.105. The Balaban J connectivity index is 2.23. The Kier molecular flexibility index (Phi) is 4.00. The molecule has 0 unspecified atom stereocenters. The fraction of sp³-hybridized carbons (Fsp3) is 0. The van der Waals surface area contributed by atoms with Crippen molar-refractivity contribution in [2.75, 3.05) is 0 Å². The second kappa shape index (κ2) is 5.70. The normalized spacial score (nSPS) is 9.74. The number of nitrogens with zero attached hydrogens (tertiary/aromatic N) is 2. The van der Waals surface area contributed by atoms with Crippen LogP contribution in [0.2, 0.25) is 10.0 Å². The Morgan fingerprint density at radius 1 is 1.21 bits per heavy atom. The first-order valence-corrected chi connectivity index (χ1v) is 5.90. The first-order valence-electron chi connectivity index (χ1n) is 5.14. The maximum absolute atomic E-state index is 11.1. The van der Waals surface area contributed by atoms with Gasteiger partial charge < -0.3 is 4.74 Å². The van der Waals surface area contributed by atoms with Gasteiger partial charge in [-0.05, 0) is 30.3 Å². The van der Waals surface area contributed by atoms with E-state index in [1.807, 2.05) is 0 Å². The molecule has 0 N–H and O–H groups in total. The number of aromatic nitrogens is 1. The Hall–Kier alpha value is -2.09. The highest BCUT2D eigenvalue weighted by atomic mass is 35.5. The standard InChI is InChI=1S/C13H6Cl2N2O2/c14-10-5-6-17-13(12(10)15)19-9-3-1-8(2-4-9)11(18)7-16/h1-6H. The number of ketones is 1. The summed E-state index contributed by atoms with van der Waals surface area (Å²) >= 11 is 11.8. The molecule has 1 aromatic carbocycles. The number of hydrogen-bond acceptors (Lipinski definition) is 4. The second-order valence-electron chi connectivity index (χ2n) is 3.48. The molecule has 0 saturated carbocycles. The number of ether oxygens (including phenoxy) is 1. The van der Waals surface area contributed by atoms with Crippen LogP contribution in [0.3, 0.4) is 0 Å². The van der Waals surface area contributed by atoms with Gasteiger partial charge in [-0.2, -0.15) is 5.26 Å². The minimum absolute atomic E-state index is 0.175. The zero-order valence-electron chi connectivity index (χ0n) is 9.43. The summed E-state index contributed by atoms with van der Waals surface area (Å²) in [4.78, 5) is 15.1. The molecule has 0 amide bonds. The quantitative estimate of drug-likeness (QED) is 0.636. The van der Waals surface area contributed by atoms with Crippen LogP contribution in [-0.2, 0) is 0 Å².